The normalized spacial score (nSPS) is 17.9. The number of hydrogen-bond acceptors (Lipinski definition) is 8. The smallest absolute Gasteiger partial charge is 0.243 e. The van der Waals surface area contributed by atoms with Gasteiger partial charge in [0.05, 0.1) is 15.5 Å². The fourth-order valence-corrected chi connectivity index (χ4v) is 5.68. The summed E-state index contributed by atoms with van der Waals surface area (Å²) >= 11 is 1.58. The summed E-state index contributed by atoms with van der Waals surface area (Å²) in [7, 11) is -3.58. The fraction of sp³-hybridized carbons (Fsp3) is 0.350. The van der Waals surface area contributed by atoms with Crippen molar-refractivity contribution in [1.29, 1.82) is 0 Å². The van der Waals surface area contributed by atoms with E-state index in [1.54, 1.807) is 35.8 Å². The molecule has 0 spiro atoms. The first-order valence-corrected chi connectivity index (χ1v) is 12.0. The van der Waals surface area contributed by atoms with E-state index in [4.69, 9.17) is 13.9 Å². The maximum absolute atomic E-state index is 13.1. The minimum Gasteiger partial charge on any atom is -0.486 e. The average Bonchev–Trinajstić information content (AvgIpc) is 3.46. The molecule has 10 heteroatoms. The molecule has 0 radical (unpaired) electrons. The van der Waals surface area contributed by atoms with E-state index in [9.17, 15) is 8.42 Å². The zero-order chi connectivity index (χ0) is 20.6. The van der Waals surface area contributed by atoms with Crippen molar-refractivity contribution < 1.29 is 22.3 Å². The lowest BCUT2D eigenvalue weighted by Crippen LogP contribution is -2.48. The summed E-state index contributed by atoms with van der Waals surface area (Å²) in [5.74, 6) is 1.69. The molecule has 0 atom stereocenters. The van der Waals surface area contributed by atoms with Crippen LogP contribution in [0.5, 0.6) is 11.5 Å². The second-order valence-corrected chi connectivity index (χ2v) is 9.99. The molecule has 0 saturated carbocycles. The molecule has 1 aromatic carbocycles. The van der Waals surface area contributed by atoms with Crippen molar-refractivity contribution in [2.24, 2.45) is 0 Å². The van der Waals surface area contributed by atoms with Crippen molar-refractivity contribution >= 4 is 21.4 Å². The first-order chi connectivity index (χ1) is 14.6. The van der Waals surface area contributed by atoms with Crippen LogP contribution in [0, 0.1) is 0 Å². The number of sulfonamides is 1. The summed E-state index contributed by atoms with van der Waals surface area (Å²) in [6, 6.07) is 8.73. The Morgan fingerprint density at radius 3 is 2.60 bits per heavy atom. The van der Waals surface area contributed by atoms with Gasteiger partial charge in [-0.05, 0) is 23.6 Å². The van der Waals surface area contributed by atoms with E-state index in [1.165, 1.54) is 4.31 Å². The lowest BCUT2D eigenvalue weighted by Gasteiger charge is -2.33. The third-order valence-electron chi connectivity index (χ3n) is 5.15. The Hall–Kier alpha value is -2.40. The van der Waals surface area contributed by atoms with Gasteiger partial charge in [-0.1, -0.05) is 6.07 Å². The van der Waals surface area contributed by atoms with Gasteiger partial charge in [-0.15, -0.1) is 11.3 Å². The van der Waals surface area contributed by atoms with Gasteiger partial charge in [0, 0.05) is 38.8 Å². The number of thiophene rings is 1. The molecule has 0 N–H and O–H groups in total. The summed E-state index contributed by atoms with van der Waals surface area (Å²) in [4.78, 5) is 7.96. The number of aromatic nitrogens is 1. The zero-order valence-corrected chi connectivity index (χ0v) is 17.8. The number of piperazine rings is 1. The zero-order valence-electron chi connectivity index (χ0n) is 16.2. The predicted molar refractivity (Wildman–Crippen MR) is 111 cm³/mol. The van der Waals surface area contributed by atoms with E-state index in [0.717, 1.165) is 10.6 Å². The van der Waals surface area contributed by atoms with Crippen LogP contribution in [0.4, 0.5) is 0 Å². The van der Waals surface area contributed by atoms with Crippen LogP contribution in [0.2, 0.25) is 0 Å². The van der Waals surface area contributed by atoms with E-state index in [1.807, 2.05) is 17.5 Å². The monoisotopic (exact) mass is 447 g/mol. The van der Waals surface area contributed by atoms with Gasteiger partial charge >= 0.3 is 0 Å². The molecule has 0 aliphatic carbocycles. The van der Waals surface area contributed by atoms with E-state index in [0.29, 0.717) is 63.3 Å². The third kappa shape index (κ3) is 3.83. The van der Waals surface area contributed by atoms with Crippen molar-refractivity contribution in [3.63, 3.8) is 0 Å². The number of benzene rings is 1. The van der Waals surface area contributed by atoms with Crippen molar-refractivity contribution in [3.05, 3.63) is 47.7 Å². The molecule has 0 amide bonds. The highest BCUT2D eigenvalue weighted by atomic mass is 32.2. The van der Waals surface area contributed by atoms with Gasteiger partial charge in [-0.2, -0.15) is 4.31 Å². The molecule has 0 bridgehead atoms. The highest BCUT2D eigenvalue weighted by Gasteiger charge is 2.30. The quantitative estimate of drug-likeness (QED) is 0.594. The first-order valence-electron chi connectivity index (χ1n) is 9.70. The number of hydrogen-bond donors (Lipinski definition) is 0. The maximum Gasteiger partial charge on any atom is 0.243 e. The second kappa shape index (κ2) is 8.03. The van der Waals surface area contributed by atoms with Crippen LogP contribution >= 0.6 is 11.3 Å². The number of ether oxygens (including phenoxy) is 2. The fourth-order valence-electron chi connectivity index (χ4n) is 3.58. The van der Waals surface area contributed by atoms with Crippen LogP contribution in [0.3, 0.4) is 0 Å². The van der Waals surface area contributed by atoms with Gasteiger partial charge < -0.3 is 13.9 Å². The molecule has 2 aliphatic rings. The summed E-state index contributed by atoms with van der Waals surface area (Å²) in [5.41, 5.74) is 0.849. The number of fused-ring (bicyclic) bond motifs is 1. The summed E-state index contributed by atoms with van der Waals surface area (Å²) < 4.78 is 44.2. The summed E-state index contributed by atoms with van der Waals surface area (Å²) in [5, 5.41) is 1.99. The Labute approximate surface area is 178 Å². The molecule has 30 heavy (non-hydrogen) atoms. The van der Waals surface area contributed by atoms with Gasteiger partial charge in [0.2, 0.25) is 15.9 Å². The van der Waals surface area contributed by atoms with Crippen molar-refractivity contribution in [2.45, 2.75) is 11.4 Å². The Kier molecular flexibility index (Phi) is 5.23. The Balaban J connectivity index is 1.22. The van der Waals surface area contributed by atoms with Gasteiger partial charge in [0.25, 0.3) is 0 Å². The summed E-state index contributed by atoms with van der Waals surface area (Å²) in [6.07, 6.45) is 1.67. The Morgan fingerprint density at radius 1 is 1.03 bits per heavy atom. The number of oxazole rings is 1. The number of rotatable bonds is 5. The Morgan fingerprint density at radius 2 is 1.83 bits per heavy atom. The van der Waals surface area contributed by atoms with Gasteiger partial charge in [0.1, 0.15) is 19.5 Å². The van der Waals surface area contributed by atoms with Gasteiger partial charge in [0.15, 0.2) is 11.5 Å². The third-order valence-corrected chi connectivity index (χ3v) is 7.90. The number of nitrogens with zero attached hydrogens (tertiary/aromatic N) is 3. The molecule has 1 saturated heterocycles. The molecule has 0 unspecified atom stereocenters. The molecule has 1 fully saturated rings. The molecule has 8 nitrogen and oxygen atoms in total. The molecular weight excluding hydrogens is 426 g/mol. The largest absolute Gasteiger partial charge is 0.486 e. The highest BCUT2D eigenvalue weighted by molar-refractivity contribution is 7.89. The molecule has 5 rings (SSSR count). The molecule has 2 aromatic heterocycles. The SMILES string of the molecule is O=S(=O)(c1ccc2c(c1)OCCO2)N1CCN(Cc2coc(-c3cccs3)n2)CC1. The van der Waals surface area contributed by atoms with Gasteiger partial charge in [-0.3, -0.25) is 4.90 Å². The first kappa shape index (κ1) is 19.6. The minimum absolute atomic E-state index is 0.234. The van der Waals surface area contributed by atoms with E-state index < -0.39 is 10.0 Å². The maximum atomic E-state index is 13.1. The van der Waals surface area contributed by atoms with Crippen LogP contribution in [-0.2, 0) is 16.6 Å². The van der Waals surface area contributed by atoms with Crippen LogP contribution in [-0.4, -0.2) is 62.0 Å². The minimum atomic E-state index is -3.58. The summed E-state index contributed by atoms with van der Waals surface area (Å²) in [6.45, 7) is 3.63. The Bertz CT molecular complexity index is 1120. The van der Waals surface area contributed by atoms with Crippen molar-refractivity contribution in [3.8, 4) is 22.3 Å². The molecule has 2 aliphatic heterocycles. The topological polar surface area (TPSA) is 85.1 Å². The van der Waals surface area contributed by atoms with Crippen molar-refractivity contribution in [1.82, 2.24) is 14.2 Å². The van der Waals surface area contributed by atoms with Crippen LogP contribution in [0.25, 0.3) is 10.8 Å². The van der Waals surface area contributed by atoms with Crippen LogP contribution in [0.1, 0.15) is 5.69 Å². The average molecular weight is 448 g/mol. The highest BCUT2D eigenvalue weighted by Crippen LogP contribution is 2.33. The van der Waals surface area contributed by atoms with E-state index in [2.05, 4.69) is 9.88 Å². The van der Waals surface area contributed by atoms with Crippen LogP contribution in [0.15, 0.2) is 51.3 Å². The van der Waals surface area contributed by atoms with E-state index in [-0.39, 0.29) is 4.90 Å². The van der Waals surface area contributed by atoms with Gasteiger partial charge in [-0.25, -0.2) is 13.4 Å². The lowest BCUT2D eigenvalue weighted by atomic mass is 10.3. The predicted octanol–water partition coefficient (Wildman–Crippen LogP) is 2.68. The van der Waals surface area contributed by atoms with E-state index >= 15 is 0 Å². The molecule has 3 aromatic rings. The lowest BCUT2D eigenvalue weighted by molar-refractivity contribution is 0.170. The van der Waals surface area contributed by atoms with Crippen molar-refractivity contribution in [2.75, 3.05) is 39.4 Å². The molecular formula is C20H21N3O5S2. The standard InChI is InChI=1S/C20H21N3O5S2/c24-30(25,16-3-4-17-18(12-16)27-10-9-26-17)23-7-5-22(6-8-23)13-15-14-28-20(21-15)19-2-1-11-29-19/h1-4,11-12,14H,5-10,13H2. The van der Waals surface area contributed by atoms with Crippen LogP contribution < -0.4 is 9.47 Å². The molecule has 158 valence electrons. The second-order valence-electron chi connectivity index (χ2n) is 7.11. The molecule has 4 heterocycles.